The summed E-state index contributed by atoms with van der Waals surface area (Å²) in [6, 6.07) is 0.147. The summed E-state index contributed by atoms with van der Waals surface area (Å²) in [5.74, 6) is 0.493. The van der Waals surface area contributed by atoms with Gasteiger partial charge >= 0.3 is 0 Å². The third kappa shape index (κ3) is 2.69. The maximum atomic E-state index is 11.6. The van der Waals surface area contributed by atoms with Gasteiger partial charge in [-0.15, -0.1) is 0 Å². The highest BCUT2D eigenvalue weighted by Crippen LogP contribution is 2.17. The molecule has 2 atom stereocenters. The van der Waals surface area contributed by atoms with Crippen molar-refractivity contribution in [1.82, 2.24) is 4.90 Å². The van der Waals surface area contributed by atoms with Gasteiger partial charge in [0.2, 0.25) is 5.91 Å². The highest BCUT2D eigenvalue weighted by Gasteiger charge is 2.25. The summed E-state index contributed by atoms with van der Waals surface area (Å²) in [6.45, 7) is 5.70. The fourth-order valence-electron chi connectivity index (χ4n) is 1.73. The van der Waals surface area contributed by atoms with Crippen LogP contribution in [0, 0.1) is 5.92 Å². The van der Waals surface area contributed by atoms with Gasteiger partial charge in [0.15, 0.2) is 0 Å². The van der Waals surface area contributed by atoms with E-state index in [4.69, 9.17) is 5.73 Å². The van der Waals surface area contributed by atoms with E-state index in [2.05, 4.69) is 6.92 Å². The van der Waals surface area contributed by atoms with E-state index in [0.717, 1.165) is 32.4 Å². The van der Waals surface area contributed by atoms with E-state index in [-0.39, 0.29) is 17.9 Å². The summed E-state index contributed by atoms with van der Waals surface area (Å²) in [5, 5.41) is 0. The lowest BCUT2D eigenvalue weighted by Gasteiger charge is -2.32. The Morgan fingerprint density at radius 3 is 3.00 bits per heavy atom. The second kappa shape index (κ2) is 4.61. The lowest BCUT2D eigenvalue weighted by atomic mass is 9.98. The van der Waals surface area contributed by atoms with E-state index in [0.29, 0.717) is 0 Å². The van der Waals surface area contributed by atoms with Crippen molar-refractivity contribution in [3.8, 4) is 0 Å². The first kappa shape index (κ1) is 10.5. The molecule has 0 bridgehead atoms. The van der Waals surface area contributed by atoms with Crippen LogP contribution < -0.4 is 5.73 Å². The van der Waals surface area contributed by atoms with Crippen LogP contribution in [0.3, 0.4) is 0 Å². The van der Waals surface area contributed by atoms with Gasteiger partial charge in [0.05, 0.1) is 0 Å². The number of rotatable bonds is 3. The van der Waals surface area contributed by atoms with Crippen molar-refractivity contribution < 1.29 is 4.79 Å². The van der Waals surface area contributed by atoms with Crippen molar-refractivity contribution >= 4 is 5.91 Å². The predicted molar refractivity (Wildman–Crippen MR) is 53.2 cm³/mol. The SMILES string of the molecule is CCC(N)CN1CCCC(C)C1=O. The van der Waals surface area contributed by atoms with Gasteiger partial charge in [-0.05, 0) is 19.3 Å². The molecule has 0 aliphatic carbocycles. The number of hydrogen-bond donors (Lipinski definition) is 1. The van der Waals surface area contributed by atoms with Gasteiger partial charge in [-0.3, -0.25) is 4.79 Å². The Morgan fingerprint density at radius 2 is 2.38 bits per heavy atom. The zero-order valence-electron chi connectivity index (χ0n) is 8.62. The summed E-state index contributed by atoms with van der Waals surface area (Å²) >= 11 is 0. The van der Waals surface area contributed by atoms with Crippen LogP contribution in [0.1, 0.15) is 33.1 Å². The number of carbonyl (C=O) groups excluding carboxylic acids is 1. The summed E-state index contributed by atoms with van der Waals surface area (Å²) in [4.78, 5) is 13.6. The van der Waals surface area contributed by atoms with Crippen molar-refractivity contribution in [3.05, 3.63) is 0 Å². The molecule has 13 heavy (non-hydrogen) atoms. The highest BCUT2D eigenvalue weighted by atomic mass is 16.2. The minimum absolute atomic E-state index is 0.147. The molecule has 3 nitrogen and oxygen atoms in total. The summed E-state index contributed by atoms with van der Waals surface area (Å²) in [5.41, 5.74) is 5.82. The number of likely N-dealkylation sites (tertiary alicyclic amines) is 1. The minimum Gasteiger partial charge on any atom is -0.341 e. The number of amides is 1. The fourth-order valence-corrected chi connectivity index (χ4v) is 1.73. The normalized spacial score (nSPS) is 26.2. The van der Waals surface area contributed by atoms with Gasteiger partial charge < -0.3 is 10.6 Å². The fraction of sp³-hybridized carbons (Fsp3) is 0.900. The molecule has 0 aromatic carbocycles. The van der Waals surface area contributed by atoms with Crippen LogP contribution in [0.2, 0.25) is 0 Å². The quantitative estimate of drug-likeness (QED) is 0.710. The standard InChI is InChI=1S/C10H20N2O/c1-3-9(11)7-12-6-4-5-8(2)10(12)13/h8-9H,3-7,11H2,1-2H3. The Morgan fingerprint density at radius 1 is 1.69 bits per heavy atom. The predicted octanol–water partition coefficient (Wildman–Crippen LogP) is 0.982. The van der Waals surface area contributed by atoms with Gasteiger partial charge in [-0.25, -0.2) is 0 Å². The number of piperidine rings is 1. The largest absolute Gasteiger partial charge is 0.341 e. The van der Waals surface area contributed by atoms with Gasteiger partial charge in [0.1, 0.15) is 0 Å². The van der Waals surface area contributed by atoms with Crippen molar-refractivity contribution in [1.29, 1.82) is 0 Å². The third-order valence-corrected chi connectivity index (χ3v) is 2.78. The topological polar surface area (TPSA) is 46.3 Å². The molecule has 76 valence electrons. The van der Waals surface area contributed by atoms with Crippen LogP contribution in [-0.2, 0) is 4.79 Å². The maximum Gasteiger partial charge on any atom is 0.225 e. The van der Waals surface area contributed by atoms with Gasteiger partial charge in [0.25, 0.3) is 0 Å². The zero-order valence-corrected chi connectivity index (χ0v) is 8.62. The Kier molecular flexibility index (Phi) is 3.72. The molecular formula is C10H20N2O. The molecule has 1 fully saturated rings. The van der Waals surface area contributed by atoms with Crippen LogP contribution in [0.15, 0.2) is 0 Å². The van der Waals surface area contributed by atoms with Crippen molar-refractivity contribution in [3.63, 3.8) is 0 Å². The Hall–Kier alpha value is -0.570. The van der Waals surface area contributed by atoms with Crippen LogP contribution in [0.5, 0.6) is 0 Å². The smallest absolute Gasteiger partial charge is 0.225 e. The first-order valence-electron chi connectivity index (χ1n) is 5.19. The third-order valence-electron chi connectivity index (χ3n) is 2.78. The van der Waals surface area contributed by atoms with Gasteiger partial charge in [-0.1, -0.05) is 13.8 Å². The molecule has 0 aromatic heterocycles. The Bertz CT molecular complexity index is 182. The molecule has 0 aromatic rings. The van der Waals surface area contributed by atoms with Crippen molar-refractivity contribution in [2.45, 2.75) is 39.2 Å². The first-order valence-corrected chi connectivity index (χ1v) is 5.19. The summed E-state index contributed by atoms with van der Waals surface area (Å²) in [6.07, 6.45) is 3.11. The molecule has 1 amide bonds. The molecule has 1 heterocycles. The van der Waals surface area contributed by atoms with Crippen LogP contribution in [0.25, 0.3) is 0 Å². The van der Waals surface area contributed by atoms with E-state index < -0.39 is 0 Å². The van der Waals surface area contributed by atoms with Crippen molar-refractivity contribution in [2.75, 3.05) is 13.1 Å². The highest BCUT2D eigenvalue weighted by molar-refractivity contribution is 5.79. The average molecular weight is 184 g/mol. The van der Waals surface area contributed by atoms with Crippen LogP contribution >= 0.6 is 0 Å². The van der Waals surface area contributed by atoms with E-state index in [1.807, 2.05) is 11.8 Å². The Balaban J connectivity index is 2.44. The van der Waals surface area contributed by atoms with Gasteiger partial charge in [-0.2, -0.15) is 0 Å². The Labute approximate surface area is 80.3 Å². The summed E-state index contributed by atoms with van der Waals surface area (Å²) < 4.78 is 0. The van der Waals surface area contributed by atoms with E-state index in [1.165, 1.54) is 0 Å². The van der Waals surface area contributed by atoms with E-state index in [9.17, 15) is 4.79 Å². The molecule has 0 spiro atoms. The molecule has 3 heteroatoms. The van der Waals surface area contributed by atoms with Gasteiger partial charge in [0, 0.05) is 25.0 Å². The first-order chi connectivity index (χ1) is 6.15. The van der Waals surface area contributed by atoms with Crippen LogP contribution in [-0.4, -0.2) is 29.9 Å². The molecule has 1 aliphatic rings. The average Bonchev–Trinajstić information content (AvgIpc) is 2.13. The number of nitrogens with zero attached hydrogens (tertiary/aromatic N) is 1. The van der Waals surface area contributed by atoms with E-state index >= 15 is 0 Å². The summed E-state index contributed by atoms with van der Waals surface area (Å²) in [7, 11) is 0. The molecule has 1 saturated heterocycles. The maximum absolute atomic E-state index is 11.6. The monoisotopic (exact) mass is 184 g/mol. The number of nitrogens with two attached hydrogens (primary N) is 1. The van der Waals surface area contributed by atoms with Crippen LogP contribution in [0.4, 0.5) is 0 Å². The number of hydrogen-bond acceptors (Lipinski definition) is 2. The van der Waals surface area contributed by atoms with E-state index in [1.54, 1.807) is 0 Å². The second-order valence-corrected chi connectivity index (χ2v) is 4.00. The molecule has 1 aliphatic heterocycles. The molecule has 1 rings (SSSR count). The molecule has 2 N–H and O–H groups in total. The number of carbonyl (C=O) groups is 1. The zero-order chi connectivity index (χ0) is 9.84. The lowest BCUT2D eigenvalue weighted by molar-refractivity contribution is -0.138. The lowest BCUT2D eigenvalue weighted by Crippen LogP contribution is -2.46. The molecule has 0 saturated carbocycles. The molecular weight excluding hydrogens is 164 g/mol. The minimum atomic E-state index is 0.147. The molecule has 0 radical (unpaired) electrons. The van der Waals surface area contributed by atoms with Crippen molar-refractivity contribution in [2.24, 2.45) is 11.7 Å². The molecule has 2 unspecified atom stereocenters. The second-order valence-electron chi connectivity index (χ2n) is 4.00.